The van der Waals surface area contributed by atoms with Crippen molar-refractivity contribution in [3.63, 3.8) is 0 Å². The summed E-state index contributed by atoms with van der Waals surface area (Å²) in [7, 11) is 0. The number of carbonyl (C=O) groups is 1. The van der Waals surface area contributed by atoms with E-state index in [0.717, 1.165) is 0 Å². The fraction of sp³-hybridized carbons (Fsp3) is 0.667. The number of aromatic nitrogens is 2. The Kier molecular flexibility index (Phi) is 2.57. The highest BCUT2D eigenvalue weighted by molar-refractivity contribution is 5.96. The van der Waals surface area contributed by atoms with Crippen molar-refractivity contribution < 1.29 is 9.42 Å². The van der Waals surface area contributed by atoms with Crippen LogP contribution in [0.1, 0.15) is 36.7 Å². The fourth-order valence-electron chi connectivity index (χ4n) is 1.69. The molecule has 6 heteroatoms. The minimum absolute atomic E-state index is 0.0355. The van der Waals surface area contributed by atoms with E-state index in [1.165, 1.54) is 19.3 Å². The van der Waals surface area contributed by atoms with Crippen molar-refractivity contribution in [1.82, 2.24) is 15.6 Å². The van der Waals surface area contributed by atoms with Crippen molar-refractivity contribution in [3.05, 3.63) is 5.69 Å². The lowest BCUT2D eigenvalue weighted by Crippen LogP contribution is -2.41. The quantitative estimate of drug-likeness (QED) is 0.760. The Morgan fingerprint density at radius 1 is 1.60 bits per heavy atom. The molecule has 1 aliphatic carbocycles. The highest BCUT2D eigenvalue weighted by Gasteiger charge is 2.26. The van der Waals surface area contributed by atoms with Gasteiger partial charge in [-0.15, -0.1) is 0 Å². The number of hydrogen-bond donors (Lipinski definition) is 2. The van der Waals surface area contributed by atoms with Crippen LogP contribution in [0.3, 0.4) is 0 Å². The monoisotopic (exact) mass is 210 g/mol. The van der Waals surface area contributed by atoms with Gasteiger partial charge in [-0.05, 0) is 36.0 Å². The van der Waals surface area contributed by atoms with Gasteiger partial charge in [0.25, 0.3) is 5.91 Å². The lowest BCUT2D eigenvalue weighted by molar-refractivity contribution is 0.0900. The van der Waals surface area contributed by atoms with Gasteiger partial charge in [-0.25, -0.2) is 4.63 Å². The molecule has 0 radical (unpaired) electrons. The van der Waals surface area contributed by atoms with Crippen molar-refractivity contribution in [2.75, 3.05) is 5.73 Å². The second kappa shape index (κ2) is 3.88. The van der Waals surface area contributed by atoms with Crippen molar-refractivity contribution in [3.8, 4) is 0 Å². The Hall–Kier alpha value is -1.59. The average Bonchev–Trinajstić information content (AvgIpc) is 2.47. The summed E-state index contributed by atoms with van der Waals surface area (Å²) in [6.45, 7) is 1.99. The molecule has 1 amide bonds. The fourth-order valence-corrected chi connectivity index (χ4v) is 1.69. The number of nitrogen functional groups attached to an aromatic ring is 1. The molecule has 0 saturated heterocycles. The molecule has 0 aromatic carbocycles. The van der Waals surface area contributed by atoms with Crippen LogP contribution in [0.2, 0.25) is 0 Å². The normalized spacial score (nSPS) is 18.2. The van der Waals surface area contributed by atoms with E-state index >= 15 is 0 Å². The van der Waals surface area contributed by atoms with Crippen LogP contribution in [0.25, 0.3) is 0 Å². The highest BCUT2D eigenvalue weighted by Crippen LogP contribution is 2.29. The molecule has 1 aromatic heterocycles. The molecule has 2 rings (SSSR count). The van der Waals surface area contributed by atoms with Gasteiger partial charge in [-0.3, -0.25) is 4.79 Å². The Balaban J connectivity index is 1.94. The molecule has 0 spiro atoms. The first kappa shape index (κ1) is 9.95. The minimum atomic E-state index is -0.312. The van der Waals surface area contributed by atoms with Crippen molar-refractivity contribution in [1.29, 1.82) is 0 Å². The van der Waals surface area contributed by atoms with Crippen molar-refractivity contribution >= 4 is 11.7 Å². The maximum Gasteiger partial charge on any atom is 0.277 e. The number of anilines is 1. The Labute approximate surface area is 87.2 Å². The number of amides is 1. The van der Waals surface area contributed by atoms with Crippen LogP contribution in [-0.2, 0) is 0 Å². The van der Waals surface area contributed by atoms with Crippen molar-refractivity contribution in [2.45, 2.75) is 32.2 Å². The summed E-state index contributed by atoms with van der Waals surface area (Å²) < 4.78 is 4.36. The summed E-state index contributed by atoms with van der Waals surface area (Å²) in [4.78, 5) is 11.6. The zero-order valence-corrected chi connectivity index (χ0v) is 8.56. The molecular formula is C9H14N4O2. The smallest absolute Gasteiger partial charge is 0.277 e. The van der Waals surface area contributed by atoms with Gasteiger partial charge in [-0.1, -0.05) is 6.42 Å². The van der Waals surface area contributed by atoms with Gasteiger partial charge < -0.3 is 11.1 Å². The van der Waals surface area contributed by atoms with E-state index in [0.29, 0.717) is 5.92 Å². The lowest BCUT2D eigenvalue weighted by Gasteiger charge is -2.31. The molecule has 1 aromatic rings. The molecule has 6 nitrogen and oxygen atoms in total. The third-order valence-corrected chi connectivity index (χ3v) is 2.94. The first-order valence-electron chi connectivity index (χ1n) is 5.07. The summed E-state index contributed by atoms with van der Waals surface area (Å²) in [5.41, 5.74) is 5.48. The number of nitrogens with two attached hydrogens (primary N) is 1. The van der Waals surface area contributed by atoms with E-state index in [2.05, 4.69) is 20.3 Å². The first-order chi connectivity index (χ1) is 7.18. The number of nitrogens with one attached hydrogen (secondary N) is 1. The van der Waals surface area contributed by atoms with E-state index in [1.807, 2.05) is 6.92 Å². The number of hydrogen-bond acceptors (Lipinski definition) is 5. The van der Waals surface area contributed by atoms with Crippen LogP contribution in [0.15, 0.2) is 4.63 Å². The second-order valence-corrected chi connectivity index (χ2v) is 3.95. The average molecular weight is 210 g/mol. The molecule has 0 bridgehead atoms. The molecule has 1 aliphatic rings. The van der Waals surface area contributed by atoms with E-state index in [4.69, 9.17) is 5.73 Å². The molecule has 1 fully saturated rings. The minimum Gasteiger partial charge on any atom is -0.379 e. The Morgan fingerprint density at radius 3 is 2.80 bits per heavy atom. The largest absolute Gasteiger partial charge is 0.379 e. The number of nitrogens with zero attached hydrogens (tertiary/aromatic N) is 2. The van der Waals surface area contributed by atoms with Gasteiger partial charge in [0, 0.05) is 6.04 Å². The Morgan fingerprint density at radius 2 is 2.33 bits per heavy atom. The van der Waals surface area contributed by atoms with E-state index in [1.54, 1.807) is 0 Å². The van der Waals surface area contributed by atoms with Crippen LogP contribution in [0, 0.1) is 5.92 Å². The first-order valence-corrected chi connectivity index (χ1v) is 5.07. The second-order valence-electron chi connectivity index (χ2n) is 3.95. The van der Waals surface area contributed by atoms with Gasteiger partial charge in [0.1, 0.15) is 0 Å². The van der Waals surface area contributed by atoms with Gasteiger partial charge in [0.15, 0.2) is 0 Å². The van der Waals surface area contributed by atoms with Gasteiger partial charge in [0.05, 0.1) is 0 Å². The van der Waals surface area contributed by atoms with Gasteiger partial charge in [-0.2, -0.15) is 0 Å². The molecule has 82 valence electrons. The summed E-state index contributed by atoms with van der Waals surface area (Å²) in [5.74, 6) is 0.302. The maximum atomic E-state index is 11.6. The van der Waals surface area contributed by atoms with Crippen LogP contribution < -0.4 is 11.1 Å². The van der Waals surface area contributed by atoms with Crippen molar-refractivity contribution in [2.24, 2.45) is 5.92 Å². The summed E-state index contributed by atoms with van der Waals surface area (Å²) >= 11 is 0. The highest BCUT2D eigenvalue weighted by atomic mass is 16.6. The topological polar surface area (TPSA) is 94.0 Å². The molecule has 1 atom stereocenters. The molecule has 15 heavy (non-hydrogen) atoms. The van der Waals surface area contributed by atoms with E-state index in [9.17, 15) is 4.79 Å². The Bertz CT molecular complexity index is 359. The van der Waals surface area contributed by atoms with Crippen LogP contribution >= 0.6 is 0 Å². The standard InChI is InChI=1S/C9H14N4O2/c1-5(6-3-2-4-6)11-9(14)7-8(10)13-15-12-7/h5-6H,2-4H2,1H3,(H2,10,13)(H,11,14). The lowest BCUT2D eigenvalue weighted by atomic mass is 9.80. The molecule has 1 saturated carbocycles. The van der Waals surface area contributed by atoms with E-state index in [-0.39, 0.29) is 23.5 Å². The van der Waals surface area contributed by atoms with Crippen LogP contribution in [0.4, 0.5) is 5.82 Å². The zero-order chi connectivity index (χ0) is 10.8. The number of carbonyl (C=O) groups excluding carboxylic acids is 1. The maximum absolute atomic E-state index is 11.6. The molecule has 0 aliphatic heterocycles. The SMILES string of the molecule is CC(NC(=O)c1nonc1N)C1CCC1. The van der Waals surface area contributed by atoms with Crippen LogP contribution in [0.5, 0.6) is 0 Å². The predicted octanol–water partition coefficient (Wildman–Crippen LogP) is 0.570. The molecule has 1 unspecified atom stereocenters. The van der Waals surface area contributed by atoms with Crippen LogP contribution in [-0.4, -0.2) is 22.3 Å². The zero-order valence-electron chi connectivity index (χ0n) is 8.56. The number of rotatable bonds is 3. The summed E-state index contributed by atoms with van der Waals surface area (Å²) in [6.07, 6.45) is 3.60. The summed E-state index contributed by atoms with van der Waals surface area (Å²) in [5, 5.41) is 9.65. The van der Waals surface area contributed by atoms with Gasteiger partial charge >= 0.3 is 0 Å². The molecule has 3 N–H and O–H groups in total. The molecule has 1 heterocycles. The van der Waals surface area contributed by atoms with E-state index < -0.39 is 0 Å². The van der Waals surface area contributed by atoms with Gasteiger partial charge in [0.2, 0.25) is 11.5 Å². The predicted molar refractivity (Wildman–Crippen MR) is 53.0 cm³/mol. The summed E-state index contributed by atoms with van der Waals surface area (Å²) in [6, 6.07) is 0.155. The third-order valence-electron chi connectivity index (χ3n) is 2.94. The molecular weight excluding hydrogens is 196 g/mol. The third kappa shape index (κ3) is 1.93.